The molecule has 3 aliphatic rings. The molecule has 9 heteroatoms. The second kappa shape index (κ2) is 8.71. The van der Waals surface area contributed by atoms with Crippen LogP contribution in [0.4, 0.5) is 11.4 Å². The first-order chi connectivity index (χ1) is 15.5. The average molecular weight is 441 g/mol. The fraction of sp³-hybridized carbons (Fsp3) is 0.609. The van der Waals surface area contributed by atoms with E-state index in [-0.39, 0.29) is 10.6 Å². The van der Waals surface area contributed by atoms with Crippen molar-refractivity contribution in [2.45, 2.75) is 12.8 Å². The van der Waals surface area contributed by atoms with E-state index in [4.69, 9.17) is 4.74 Å². The van der Waals surface area contributed by atoms with Gasteiger partial charge in [0, 0.05) is 74.9 Å². The Morgan fingerprint density at radius 2 is 1.94 bits per heavy atom. The van der Waals surface area contributed by atoms with Gasteiger partial charge in [0.05, 0.1) is 18.2 Å². The Balaban J connectivity index is 1.32. The molecule has 1 N–H and O–H groups in total. The van der Waals surface area contributed by atoms with Gasteiger partial charge in [0.25, 0.3) is 0 Å². The van der Waals surface area contributed by atoms with Gasteiger partial charge in [0.1, 0.15) is 0 Å². The Labute approximate surface area is 188 Å². The molecule has 0 aliphatic carbocycles. The van der Waals surface area contributed by atoms with Gasteiger partial charge in [-0.25, -0.2) is 0 Å². The van der Waals surface area contributed by atoms with E-state index in [0.29, 0.717) is 11.7 Å². The molecule has 0 spiro atoms. The number of ether oxygens (including phenoxy) is 1. The summed E-state index contributed by atoms with van der Waals surface area (Å²) in [4.78, 5) is 16.3. The molecule has 3 aliphatic heterocycles. The zero-order valence-electron chi connectivity index (χ0n) is 18.9. The van der Waals surface area contributed by atoms with Crippen molar-refractivity contribution >= 4 is 11.4 Å². The number of rotatable bonds is 6. The summed E-state index contributed by atoms with van der Waals surface area (Å²) in [5.41, 5.74) is 2.69. The molecule has 1 aromatic heterocycles. The minimum Gasteiger partial charge on any atom is -0.490 e. The van der Waals surface area contributed by atoms with Crippen molar-refractivity contribution in [3.63, 3.8) is 0 Å². The lowest BCUT2D eigenvalue weighted by atomic mass is 9.94. The van der Waals surface area contributed by atoms with E-state index in [1.54, 1.807) is 16.9 Å². The minimum absolute atomic E-state index is 0.0148. The van der Waals surface area contributed by atoms with Crippen LogP contribution in [0.2, 0.25) is 0 Å². The van der Waals surface area contributed by atoms with Crippen LogP contribution in [0.25, 0.3) is 11.1 Å². The van der Waals surface area contributed by atoms with Gasteiger partial charge < -0.3 is 19.9 Å². The maximum absolute atomic E-state index is 11.6. The van der Waals surface area contributed by atoms with Crippen molar-refractivity contribution in [1.29, 1.82) is 0 Å². The molecule has 3 saturated heterocycles. The number of likely N-dealkylation sites (tertiary alicyclic amines) is 1. The number of aryl methyl sites for hydroxylation is 1. The minimum atomic E-state index is -0.379. The van der Waals surface area contributed by atoms with Gasteiger partial charge in [0.15, 0.2) is 5.75 Å². The van der Waals surface area contributed by atoms with E-state index in [2.05, 4.69) is 20.2 Å². The van der Waals surface area contributed by atoms with Crippen LogP contribution in [0.1, 0.15) is 12.8 Å². The first-order valence-corrected chi connectivity index (χ1v) is 11.5. The lowest BCUT2D eigenvalue weighted by molar-refractivity contribution is -0.385. The van der Waals surface area contributed by atoms with Crippen LogP contribution in [0.15, 0.2) is 24.5 Å². The molecule has 0 radical (unpaired) electrons. The topological polar surface area (TPSA) is 88.7 Å². The van der Waals surface area contributed by atoms with Crippen LogP contribution in [0, 0.1) is 27.9 Å². The number of nitrogens with one attached hydrogen (secondary N) is 1. The summed E-state index contributed by atoms with van der Waals surface area (Å²) in [5, 5.41) is 19.4. The molecule has 2 aromatic rings. The van der Waals surface area contributed by atoms with E-state index in [1.165, 1.54) is 39.8 Å². The molecule has 1 aromatic carbocycles. The smallest absolute Gasteiger partial charge is 0.311 e. The maximum Gasteiger partial charge on any atom is 0.311 e. The van der Waals surface area contributed by atoms with Crippen LogP contribution >= 0.6 is 0 Å². The van der Waals surface area contributed by atoms with Crippen molar-refractivity contribution < 1.29 is 9.66 Å². The van der Waals surface area contributed by atoms with Crippen molar-refractivity contribution in [1.82, 2.24) is 20.0 Å². The standard InChI is InChI=1S/C23H32N6O3/c1-26-13-19(11-25-26)20-7-22(29(30)31)23(32-2)8-21(20)28-5-3-16(4-6-28)12-27-14-17-9-24-10-18(17)15-27/h7-8,11,13,16-18,24H,3-6,9-10,12,14-15H2,1-2H3. The SMILES string of the molecule is COc1cc(N2CCC(CN3CC4CNCC4C3)CC2)c(-c2cnn(C)c2)cc1[N+](=O)[O-]. The molecule has 2 unspecified atom stereocenters. The number of benzene rings is 1. The Hall–Kier alpha value is -2.65. The summed E-state index contributed by atoms with van der Waals surface area (Å²) in [6, 6.07) is 3.46. The number of piperidine rings is 1. The fourth-order valence-electron chi connectivity index (χ4n) is 5.74. The number of fused-ring (bicyclic) bond motifs is 1. The molecular formula is C23H32N6O3. The average Bonchev–Trinajstić information content (AvgIpc) is 3.50. The zero-order valence-corrected chi connectivity index (χ0v) is 18.9. The molecule has 9 nitrogen and oxygen atoms in total. The van der Waals surface area contributed by atoms with Crippen molar-refractivity contribution in [2.24, 2.45) is 24.8 Å². The normalized spacial score (nSPS) is 24.1. The lowest BCUT2D eigenvalue weighted by Crippen LogP contribution is -2.39. The first kappa shape index (κ1) is 21.2. The Kier molecular flexibility index (Phi) is 5.77. The van der Waals surface area contributed by atoms with Gasteiger partial charge in [-0.3, -0.25) is 14.8 Å². The third-order valence-corrected chi connectivity index (χ3v) is 7.45. The second-order valence-electron chi connectivity index (χ2n) is 9.53. The van der Waals surface area contributed by atoms with E-state index in [0.717, 1.165) is 54.6 Å². The number of hydrogen-bond donors (Lipinski definition) is 1. The lowest BCUT2D eigenvalue weighted by Gasteiger charge is -2.36. The van der Waals surface area contributed by atoms with Crippen LogP contribution in [-0.4, -0.2) is 72.5 Å². The molecular weight excluding hydrogens is 408 g/mol. The van der Waals surface area contributed by atoms with Gasteiger partial charge in [-0.1, -0.05) is 0 Å². The third kappa shape index (κ3) is 4.06. The molecule has 0 amide bonds. The summed E-state index contributed by atoms with van der Waals surface area (Å²) in [7, 11) is 3.35. The Morgan fingerprint density at radius 3 is 2.53 bits per heavy atom. The largest absolute Gasteiger partial charge is 0.490 e. The molecule has 2 atom stereocenters. The summed E-state index contributed by atoms with van der Waals surface area (Å²) in [6.07, 6.45) is 5.94. The number of hydrogen-bond acceptors (Lipinski definition) is 7. The van der Waals surface area contributed by atoms with Crippen molar-refractivity contribution in [3.05, 3.63) is 34.6 Å². The molecule has 32 heavy (non-hydrogen) atoms. The quantitative estimate of drug-likeness (QED) is 0.545. The van der Waals surface area contributed by atoms with Crippen LogP contribution in [-0.2, 0) is 7.05 Å². The van der Waals surface area contributed by atoms with Crippen LogP contribution < -0.4 is 15.0 Å². The molecule has 4 heterocycles. The summed E-state index contributed by atoms with van der Waals surface area (Å²) in [6.45, 7) is 7.92. The highest BCUT2D eigenvalue weighted by atomic mass is 16.6. The Morgan fingerprint density at radius 1 is 1.22 bits per heavy atom. The van der Waals surface area contributed by atoms with Gasteiger partial charge in [-0.2, -0.15) is 5.10 Å². The monoisotopic (exact) mass is 440 g/mol. The highest BCUT2D eigenvalue weighted by molar-refractivity contribution is 5.82. The van der Waals surface area contributed by atoms with Gasteiger partial charge in [-0.15, -0.1) is 0 Å². The van der Waals surface area contributed by atoms with Crippen LogP contribution in [0.3, 0.4) is 0 Å². The summed E-state index contributed by atoms with van der Waals surface area (Å²) < 4.78 is 7.10. The number of nitrogens with zero attached hydrogens (tertiary/aromatic N) is 5. The molecule has 172 valence electrons. The number of anilines is 1. The predicted molar refractivity (Wildman–Crippen MR) is 123 cm³/mol. The highest BCUT2D eigenvalue weighted by Gasteiger charge is 2.37. The highest BCUT2D eigenvalue weighted by Crippen LogP contribution is 2.41. The molecule has 0 bridgehead atoms. The number of methoxy groups -OCH3 is 1. The van der Waals surface area contributed by atoms with Gasteiger partial charge in [-0.05, 0) is 43.7 Å². The maximum atomic E-state index is 11.6. The molecule has 5 rings (SSSR count). The van der Waals surface area contributed by atoms with Gasteiger partial charge in [0.2, 0.25) is 0 Å². The first-order valence-electron chi connectivity index (χ1n) is 11.5. The number of aromatic nitrogens is 2. The van der Waals surface area contributed by atoms with E-state index in [9.17, 15) is 10.1 Å². The second-order valence-corrected chi connectivity index (χ2v) is 9.53. The molecule has 3 fully saturated rings. The summed E-state index contributed by atoms with van der Waals surface area (Å²) in [5.74, 6) is 2.69. The Bertz CT molecular complexity index is 972. The zero-order chi connectivity index (χ0) is 22.2. The van der Waals surface area contributed by atoms with E-state index < -0.39 is 0 Å². The third-order valence-electron chi connectivity index (χ3n) is 7.45. The molecule has 0 saturated carbocycles. The van der Waals surface area contributed by atoms with E-state index >= 15 is 0 Å². The number of nitro benzene ring substituents is 1. The predicted octanol–water partition coefficient (Wildman–Crippen LogP) is 2.37. The fourth-order valence-corrected chi connectivity index (χ4v) is 5.74. The van der Waals surface area contributed by atoms with E-state index in [1.807, 2.05) is 19.3 Å². The van der Waals surface area contributed by atoms with Crippen molar-refractivity contribution in [2.75, 3.05) is 57.8 Å². The van der Waals surface area contributed by atoms with Crippen molar-refractivity contribution in [3.8, 4) is 16.9 Å². The number of nitro groups is 1. The van der Waals surface area contributed by atoms with Crippen LogP contribution in [0.5, 0.6) is 5.75 Å². The summed E-state index contributed by atoms with van der Waals surface area (Å²) >= 11 is 0. The van der Waals surface area contributed by atoms with Gasteiger partial charge >= 0.3 is 5.69 Å².